The summed E-state index contributed by atoms with van der Waals surface area (Å²) < 4.78 is 26.2. The Balaban J connectivity index is 1.72. The van der Waals surface area contributed by atoms with E-state index in [-0.39, 0.29) is 12.5 Å². The average molecular weight is 330 g/mol. The molecule has 0 spiro atoms. The second-order valence-electron chi connectivity index (χ2n) is 6.47. The van der Waals surface area contributed by atoms with Crippen LogP contribution in [0.1, 0.15) is 24.1 Å². The zero-order chi connectivity index (χ0) is 16.5. The number of halogens is 2. The van der Waals surface area contributed by atoms with Crippen LogP contribution in [-0.2, 0) is 13.0 Å². The molecule has 126 valence electrons. The van der Waals surface area contributed by atoms with E-state index in [1.807, 2.05) is 6.07 Å². The smallest absolute Gasteiger partial charge is 0.161 e. The number of aromatic nitrogens is 2. The Morgan fingerprint density at radius 3 is 2.88 bits per heavy atom. The van der Waals surface area contributed by atoms with Crippen molar-refractivity contribution in [1.29, 1.82) is 0 Å². The molecule has 4 nitrogen and oxygen atoms in total. The Hall–Kier alpha value is -2.08. The van der Waals surface area contributed by atoms with Gasteiger partial charge in [0.2, 0.25) is 0 Å². The predicted octanol–water partition coefficient (Wildman–Crippen LogP) is 3.18. The average Bonchev–Trinajstić information content (AvgIpc) is 3.39. The van der Waals surface area contributed by atoms with E-state index < -0.39 is 0 Å². The summed E-state index contributed by atoms with van der Waals surface area (Å²) >= 11 is 0. The Morgan fingerprint density at radius 2 is 2.12 bits per heavy atom. The molecular weight excluding hydrogens is 310 g/mol. The van der Waals surface area contributed by atoms with E-state index in [4.69, 9.17) is 0 Å². The van der Waals surface area contributed by atoms with E-state index in [1.165, 1.54) is 12.1 Å². The minimum atomic E-state index is -0.344. The minimum Gasteiger partial charge on any atom is -0.367 e. The van der Waals surface area contributed by atoms with Gasteiger partial charge in [-0.2, -0.15) is 0 Å². The summed E-state index contributed by atoms with van der Waals surface area (Å²) in [4.78, 5) is 11.4. The Morgan fingerprint density at radius 1 is 1.25 bits per heavy atom. The molecule has 0 bridgehead atoms. The molecule has 2 heterocycles. The molecular formula is C18H20F2N4. The molecule has 4 rings (SSSR count). The molecule has 1 aliphatic heterocycles. The molecule has 0 unspecified atom stereocenters. The zero-order valence-electron chi connectivity index (χ0n) is 13.4. The van der Waals surface area contributed by atoms with Crippen LogP contribution in [0.25, 0.3) is 11.4 Å². The highest BCUT2D eigenvalue weighted by Gasteiger charge is 2.27. The molecule has 1 N–H and O–H groups in total. The molecule has 1 fully saturated rings. The Bertz CT molecular complexity index is 746. The van der Waals surface area contributed by atoms with Crippen molar-refractivity contribution in [3.8, 4) is 11.4 Å². The number of rotatable bonds is 5. The van der Waals surface area contributed by atoms with Crippen molar-refractivity contribution in [3.05, 3.63) is 41.3 Å². The van der Waals surface area contributed by atoms with E-state index in [1.54, 1.807) is 6.07 Å². The van der Waals surface area contributed by atoms with Crippen molar-refractivity contribution in [1.82, 2.24) is 14.9 Å². The van der Waals surface area contributed by atoms with Crippen LogP contribution in [0.3, 0.4) is 0 Å². The summed E-state index contributed by atoms with van der Waals surface area (Å²) in [6, 6.07) is 6.83. The zero-order valence-corrected chi connectivity index (χ0v) is 13.4. The number of benzene rings is 1. The van der Waals surface area contributed by atoms with Crippen molar-refractivity contribution in [2.45, 2.75) is 31.8 Å². The fourth-order valence-corrected chi connectivity index (χ4v) is 3.08. The maximum atomic E-state index is 13.5. The number of nitrogens with one attached hydrogen (secondary N) is 1. The van der Waals surface area contributed by atoms with Gasteiger partial charge in [0, 0.05) is 43.2 Å². The van der Waals surface area contributed by atoms with Gasteiger partial charge in [-0.1, -0.05) is 12.1 Å². The fraction of sp³-hybridized carbons (Fsp3) is 0.444. The maximum absolute atomic E-state index is 13.5. The first-order valence-electron chi connectivity index (χ1n) is 8.43. The molecule has 0 amide bonds. The number of nitrogens with zero attached hydrogens (tertiary/aromatic N) is 3. The van der Waals surface area contributed by atoms with Gasteiger partial charge in [-0.25, -0.2) is 18.7 Å². The fourth-order valence-electron chi connectivity index (χ4n) is 3.08. The molecule has 1 aromatic heterocycles. The van der Waals surface area contributed by atoms with Crippen LogP contribution in [0.5, 0.6) is 0 Å². The molecule has 24 heavy (non-hydrogen) atoms. The van der Waals surface area contributed by atoms with Crippen molar-refractivity contribution >= 4 is 5.82 Å². The third kappa shape index (κ3) is 3.24. The van der Waals surface area contributed by atoms with E-state index >= 15 is 0 Å². The van der Waals surface area contributed by atoms with E-state index in [0.717, 1.165) is 42.9 Å². The normalized spacial score (nSPS) is 17.6. The molecule has 1 aromatic carbocycles. The number of alkyl halides is 1. The quantitative estimate of drug-likeness (QED) is 0.914. The number of hydrogen-bond acceptors (Lipinski definition) is 4. The third-order valence-electron chi connectivity index (χ3n) is 4.54. The van der Waals surface area contributed by atoms with Crippen LogP contribution in [0.4, 0.5) is 14.6 Å². The number of hydrogen-bond donors (Lipinski definition) is 1. The van der Waals surface area contributed by atoms with Gasteiger partial charge in [0.25, 0.3) is 0 Å². The summed E-state index contributed by atoms with van der Waals surface area (Å²) in [6.45, 7) is 1.55. The van der Waals surface area contributed by atoms with Crippen LogP contribution >= 0.6 is 0 Å². The Labute approximate surface area is 139 Å². The van der Waals surface area contributed by atoms with Crippen molar-refractivity contribution < 1.29 is 8.78 Å². The molecule has 0 saturated heterocycles. The monoisotopic (exact) mass is 330 g/mol. The van der Waals surface area contributed by atoms with Crippen molar-refractivity contribution in [2.24, 2.45) is 0 Å². The lowest BCUT2D eigenvalue weighted by molar-refractivity contribution is 0.229. The highest BCUT2D eigenvalue weighted by molar-refractivity contribution is 5.60. The van der Waals surface area contributed by atoms with Gasteiger partial charge in [-0.3, -0.25) is 4.90 Å². The summed E-state index contributed by atoms with van der Waals surface area (Å²) in [5.41, 5.74) is 2.73. The molecule has 2 aliphatic rings. The second kappa shape index (κ2) is 6.43. The summed E-state index contributed by atoms with van der Waals surface area (Å²) in [6.07, 6.45) is 3.05. The molecule has 6 heteroatoms. The molecule has 0 atom stereocenters. The lowest BCUT2D eigenvalue weighted by Crippen LogP contribution is -2.33. The molecule has 1 saturated carbocycles. The highest BCUT2D eigenvalue weighted by atomic mass is 19.1. The number of anilines is 1. The van der Waals surface area contributed by atoms with Gasteiger partial charge in [-0.15, -0.1) is 0 Å². The predicted molar refractivity (Wildman–Crippen MR) is 89.0 cm³/mol. The van der Waals surface area contributed by atoms with Gasteiger partial charge in [0.15, 0.2) is 5.82 Å². The van der Waals surface area contributed by atoms with Gasteiger partial charge in [-0.05, 0) is 25.0 Å². The highest BCUT2D eigenvalue weighted by Crippen LogP contribution is 2.31. The largest absolute Gasteiger partial charge is 0.367 e. The van der Waals surface area contributed by atoms with E-state index in [0.29, 0.717) is 30.5 Å². The van der Waals surface area contributed by atoms with Gasteiger partial charge in [0.05, 0.1) is 5.69 Å². The first-order valence-corrected chi connectivity index (χ1v) is 8.43. The van der Waals surface area contributed by atoms with Crippen LogP contribution in [0.15, 0.2) is 24.3 Å². The topological polar surface area (TPSA) is 41.1 Å². The van der Waals surface area contributed by atoms with Crippen molar-refractivity contribution in [3.63, 3.8) is 0 Å². The lowest BCUT2D eigenvalue weighted by atomic mass is 10.1. The lowest BCUT2D eigenvalue weighted by Gasteiger charge is -2.29. The van der Waals surface area contributed by atoms with Crippen LogP contribution in [0, 0.1) is 5.82 Å². The first-order chi connectivity index (χ1) is 11.7. The summed E-state index contributed by atoms with van der Waals surface area (Å²) in [5, 5.41) is 3.47. The SMILES string of the molecule is FCCN1CCc2nc(-c3cccc(F)c3)nc(NC3CC3)c2C1. The van der Waals surface area contributed by atoms with Crippen LogP contribution < -0.4 is 5.32 Å². The standard InChI is InChI=1S/C18H20F2N4/c19-7-9-24-8-6-16-15(11-24)18(21-14-4-5-14)23-17(22-16)12-2-1-3-13(20)10-12/h1-3,10,14H,4-9,11H2,(H,21,22,23). The van der Waals surface area contributed by atoms with Gasteiger partial charge in [0.1, 0.15) is 18.3 Å². The first kappa shape index (κ1) is 15.4. The minimum absolute atomic E-state index is 0.292. The Kier molecular flexibility index (Phi) is 4.14. The summed E-state index contributed by atoms with van der Waals surface area (Å²) in [7, 11) is 0. The molecule has 0 radical (unpaired) electrons. The van der Waals surface area contributed by atoms with Crippen LogP contribution in [-0.4, -0.2) is 40.7 Å². The van der Waals surface area contributed by atoms with E-state index in [9.17, 15) is 8.78 Å². The van der Waals surface area contributed by atoms with Crippen molar-refractivity contribution in [2.75, 3.05) is 25.1 Å². The molecule has 1 aliphatic carbocycles. The third-order valence-corrected chi connectivity index (χ3v) is 4.54. The second-order valence-corrected chi connectivity index (χ2v) is 6.47. The van der Waals surface area contributed by atoms with Gasteiger partial charge >= 0.3 is 0 Å². The number of fused-ring (bicyclic) bond motifs is 1. The van der Waals surface area contributed by atoms with Gasteiger partial charge < -0.3 is 5.32 Å². The molecule has 2 aromatic rings. The maximum Gasteiger partial charge on any atom is 0.161 e. The van der Waals surface area contributed by atoms with E-state index in [2.05, 4.69) is 20.2 Å². The van der Waals surface area contributed by atoms with Crippen LogP contribution in [0.2, 0.25) is 0 Å². The summed E-state index contributed by atoms with van der Waals surface area (Å²) in [5.74, 6) is 1.08.